The lowest BCUT2D eigenvalue weighted by Crippen LogP contribution is -2.60. The van der Waals surface area contributed by atoms with Crippen molar-refractivity contribution in [3.8, 4) is 0 Å². The van der Waals surface area contributed by atoms with Crippen LogP contribution in [-0.4, -0.2) is 134 Å². The van der Waals surface area contributed by atoms with Crippen LogP contribution in [0.4, 0.5) is 0 Å². The summed E-state index contributed by atoms with van der Waals surface area (Å²) in [6, 6.07) is 0.845. The maximum Gasteiger partial charge on any atom is 0.243 e. The zero-order valence-corrected chi connectivity index (χ0v) is 35.9. The maximum absolute atomic E-state index is 14.1. The van der Waals surface area contributed by atoms with Crippen LogP contribution in [0.2, 0.25) is 0 Å². The number of hydrogen-bond acceptors (Lipinski definition) is 12. The molecule has 9 amide bonds. The molecule has 1 aliphatic rings. The second kappa shape index (κ2) is 28.5. The van der Waals surface area contributed by atoms with Crippen molar-refractivity contribution in [3.63, 3.8) is 0 Å². The summed E-state index contributed by atoms with van der Waals surface area (Å²) in [7, 11) is 0. The van der Waals surface area contributed by atoms with Crippen LogP contribution in [0.1, 0.15) is 70.3 Å². The molecule has 25 heteroatoms. The minimum atomic E-state index is -1.40. The first-order valence-corrected chi connectivity index (χ1v) is 20.9. The number of benzene rings is 1. The Morgan fingerprint density at radius 3 is 1.98 bits per heavy atom. The fraction of sp³-hybridized carbons (Fsp3) is 0.564. The first-order valence-electron chi connectivity index (χ1n) is 20.9. The summed E-state index contributed by atoms with van der Waals surface area (Å²) in [4.78, 5) is 119. The molecule has 1 saturated heterocycles. The third-order valence-electron chi connectivity index (χ3n) is 9.69. The van der Waals surface area contributed by atoms with Crippen molar-refractivity contribution in [2.45, 2.75) is 107 Å². The fourth-order valence-electron chi connectivity index (χ4n) is 6.43. The lowest BCUT2D eigenvalue weighted by Gasteiger charge is -2.27. The number of nitrogens with two attached hydrogens (primary N) is 4. The summed E-state index contributed by atoms with van der Waals surface area (Å²) < 4.78 is 0. The highest BCUT2D eigenvalue weighted by Crippen LogP contribution is 2.09. The standard InChI is InChI=1S/C39H64N16O9/c1-22(56)50-26(12-7-18-48-39(44)45)34(61)54-28-15-19-46-30(57)13-5-10-24(32(41)59)51-31(58)21-49-33(60)25(11-6-17-47-38(42)43)52-37(64)29(20-23-8-3-2-4-9-23)55-35(62)27(14-16-40)53-36(28)63/h2-4,8-9,24-29H,5-7,10-21,40H2,1H3,(H2,41,59)(H,46,57)(H,49,60)(H,50,56)(H,51,58)(H,52,64)(H,53,63)(H,54,61)(H,55,62)(H4,42,43,47)(H4,44,45,48)/t24-,25-,26-,27-,28-,29+/m0/s1. The molecule has 0 unspecified atom stereocenters. The molecule has 64 heavy (non-hydrogen) atoms. The number of amides is 9. The largest absolute Gasteiger partial charge is 0.370 e. The van der Waals surface area contributed by atoms with E-state index in [0.717, 1.165) is 0 Å². The summed E-state index contributed by atoms with van der Waals surface area (Å²) in [5.41, 5.74) is 22.7. The van der Waals surface area contributed by atoms with Crippen molar-refractivity contribution < 1.29 is 43.2 Å². The lowest BCUT2D eigenvalue weighted by atomic mass is 10.0. The van der Waals surface area contributed by atoms with Crippen LogP contribution in [0, 0.1) is 10.8 Å². The van der Waals surface area contributed by atoms with Crippen LogP contribution in [0.3, 0.4) is 0 Å². The summed E-state index contributed by atoms with van der Waals surface area (Å²) in [6.45, 7) is 0.650. The van der Waals surface area contributed by atoms with Gasteiger partial charge in [0.2, 0.25) is 53.2 Å². The highest BCUT2D eigenvalue weighted by Gasteiger charge is 2.33. The van der Waals surface area contributed by atoms with Gasteiger partial charge in [0.05, 0.1) is 6.54 Å². The van der Waals surface area contributed by atoms with Crippen LogP contribution in [-0.2, 0) is 49.6 Å². The molecule has 6 atom stereocenters. The molecule has 1 aliphatic heterocycles. The molecule has 25 nitrogen and oxygen atoms in total. The monoisotopic (exact) mass is 901 g/mol. The Balaban J connectivity index is 2.54. The molecule has 0 aliphatic carbocycles. The highest BCUT2D eigenvalue weighted by molar-refractivity contribution is 5.97. The van der Waals surface area contributed by atoms with Gasteiger partial charge in [-0.3, -0.25) is 54.0 Å². The third-order valence-corrected chi connectivity index (χ3v) is 9.69. The molecule has 0 saturated carbocycles. The van der Waals surface area contributed by atoms with E-state index < -0.39 is 96.0 Å². The number of hydrogen-bond donors (Lipinski definition) is 16. The minimum absolute atomic E-state index is 0.0193. The number of carbonyl (C=O) groups is 9. The van der Waals surface area contributed by atoms with E-state index in [4.69, 9.17) is 33.8 Å². The van der Waals surface area contributed by atoms with Gasteiger partial charge < -0.3 is 76.1 Å². The number of nitrogens with one attached hydrogen (secondary N) is 12. The van der Waals surface area contributed by atoms with E-state index in [-0.39, 0.29) is 102 Å². The molecule has 354 valence electrons. The summed E-state index contributed by atoms with van der Waals surface area (Å²) in [6.07, 6.45) is 0.0174. The molecule has 0 radical (unpaired) electrons. The quantitative estimate of drug-likeness (QED) is 0.0418. The van der Waals surface area contributed by atoms with E-state index in [2.05, 4.69) is 53.2 Å². The van der Waals surface area contributed by atoms with Gasteiger partial charge in [-0.15, -0.1) is 0 Å². The van der Waals surface area contributed by atoms with Crippen LogP contribution < -0.4 is 76.1 Å². The third kappa shape index (κ3) is 21.2. The van der Waals surface area contributed by atoms with Crippen LogP contribution >= 0.6 is 0 Å². The Labute approximate surface area is 370 Å². The molecule has 20 N–H and O–H groups in total. The van der Waals surface area contributed by atoms with E-state index in [1.165, 1.54) is 6.92 Å². The van der Waals surface area contributed by atoms with Crippen molar-refractivity contribution >= 4 is 65.1 Å². The van der Waals surface area contributed by atoms with Crippen LogP contribution in [0.15, 0.2) is 30.3 Å². The van der Waals surface area contributed by atoms with E-state index in [1.54, 1.807) is 30.3 Å². The average molecular weight is 901 g/mol. The molecule has 1 fully saturated rings. The van der Waals surface area contributed by atoms with Crippen LogP contribution in [0.25, 0.3) is 0 Å². The predicted molar refractivity (Wildman–Crippen MR) is 233 cm³/mol. The van der Waals surface area contributed by atoms with Gasteiger partial charge in [-0.25, -0.2) is 0 Å². The van der Waals surface area contributed by atoms with E-state index in [9.17, 15) is 43.2 Å². The zero-order valence-electron chi connectivity index (χ0n) is 35.9. The number of rotatable bonds is 16. The Bertz CT molecular complexity index is 1800. The SMILES string of the molecule is CC(=O)N[C@@H](CCCNC(=N)N)C(=O)N[C@H]1CCNC(=O)CCC[C@@H](C(N)=O)NC(=O)CNC(=O)[C@H](CCCNC(=N)N)NC(=O)[C@@H](Cc2ccccc2)NC(=O)[C@H](CCN)NC1=O. The molecular formula is C39H64N16O9. The summed E-state index contributed by atoms with van der Waals surface area (Å²) >= 11 is 0. The van der Waals surface area contributed by atoms with Gasteiger partial charge in [0, 0.05) is 39.4 Å². The second-order valence-corrected chi connectivity index (χ2v) is 15.0. The molecule has 1 aromatic carbocycles. The Kier molecular flexibility index (Phi) is 23.7. The highest BCUT2D eigenvalue weighted by atomic mass is 16.2. The second-order valence-electron chi connectivity index (χ2n) is 15.0. The normalized spacial score (nSPS) is 21.4. The smallest absolute Gasteiger partial charge is 0.243 e. The van der Waals surface area contributed by atoms with Gasteiger partial charge in [-0.05, 0) is 63.5 Å². The van der Waals surface area contributed by atoms with Gasteiger partial charge in [0.15, 0.2) is 11.9 Å². The molecule has 1 heterocycles. The zero-order chi connectivity index (χ0) is 47.6. The minimum Gasteiger partial charge on any atom is -0.370 e. The first-order chi connectivity index (χ1) is 30.4. The van der Waals surface area contributed by atoms with Crippen LogP contribution in [0.5, 0.6) is 0 Å². The van der Waals surface area contributed by atoms with Crippen molar-refractivity contribution in [2.24, 2.45) is 22.9 Å². The Hall–Kier alpha value is -7.05. The fourth-order valence-corrected chi connectivity index (χ4v) is 6.43. The van der Waals surface area contributed by atoms with Gasteiger partial charge >= 0.3 is 0 Å². The molecule has 1 aromatic rings. The first kappa shape index (κ1) is 53.1. The van der Waals surface area contributed by atoms with Gasteiger partial charge in [-0.2, -0.15) is 0 Å². The van der Waals surface area contributed by atoms with Gasteiger partial charge in [0.1, 0.15) is 36.3 Å². The van der Waals surface area contributed by atoms with Crippen molar-refractivity contribution in [1.29, 1.82) is 10.8 Å². The molecule has 2 rings (SSSR count). The Morgan fingerprint density at radius 2 is 1.36 bits per heavy atom. The number of carbonyl (C=O) groups excluding carboxylic acids is 9. The van der Waals surface area contributed by atoms with E-state index >= 15 is 0 Å². The number of guanidine groups is 2. The topological polar surface area (TPSA) is 426 Å². The lowest BCUT2D eigenvalue weighted by molar-refractivity contribution is -0.135. The Morgan fingerprint density at radius 1 is 0.750 bits per heavy atom. The summed E-state index contributed by atoms with van der Waals surface area (Å²) in [5, 5.41) is 40.5. The average Bonchev–Trinajstić information content (AvgIpc) is 3.23. The van der Waals surface area contributed by atoms with Gasteiger partial charge in [0.25, 0.3) is 0 Å². The number of primary amides is 1. The molecule has 0 aromatic heterocycles. The van der Waals surface area contributed by atoms with Gasteiger partial charge in [-0.1, -0.05) is 30.3 Å². The van der Waals surface area contributed by atoms with Crippen molar-refractivity contribution in [1.82, 2.24) is 53.2 Å². The molecular weight excluding hydrogens is 837 g/mol. The maximum atomic E-state index is 14.1. The summed E-state index contributed by atoms with van der Waals surface area (Å²) in [5.74, 6) is -7.43. The van der Waals surface area contributed by atoms with E-state index in [0.29, 0.717) is 5.56 Å². The van der Waals surface area contributed by atoms with E-state index in [1.807, 2.05) is 0 Å². The van der Waals surface area contributed by atoms with Crippen molar-refractivity contribution in [3.05, 3.63) is 35.9 Å². The predicted octanol–water partition coefficient (Wildman–Crippen LogP) is -5.68. The molecule has 0 spiro atoms. The molecule has 0 bridgehead atoms. The van der Waals surface area contributed by atoms with Crippen molar-refractivity contribution in [2.75, 3.05) is 32.7 Å².